The van der Waals surface area contributed by atoms with Gasteiger partial charge in [-0.3, -0.25) is 19.7 Å². The van der Waals surface area contributed by atoms with E-state index in [-0.39, 0.29) is 30.0 Å². The number of fused-ring (bicyclic) bond motifs is 1. The average molecular weight is 501 g/mol. The first-order chi connectivity index (χ1) is 16.3. The Hall–Kier alpha value is -3.27. The van der Waals surface area contributed by atoms with E-state index in [1.54, 1.807) is 6.07 Å². The number of hydrogen-bond acceptors (Lipinski definition) is 6. The number of phenols is 1. The van der Waals surface area contributed by atoms with Crippen LogP contribution in [-0.4, -0.2) is 44.8 Å². The number of phenolic OH excluding ortho intramolecular Hbond substituents is 1. The van der Waals surface area contributed by atoms with Gasteiger partial charge in [0.2, 0.25) is 15.9 Å². The summed E-state index contributed by atoms with van der Waals surface area (Å²) in [5.41, 5.74) is 4.21. The molecule has 35 heavy (non-hydrogen) atoms. The molecule has 2 aromatic rings. The molecule has 1 saturated heterocycles. The molecule has 10 heteroatoms. The fourth-order valence-corrected chi connectivity index (χ4v) is 5.21. The number of carbonyl (C=O) groups is 2. The van der Waals surface area contributed by atoms with E-state index >= 15 is 0 Å². The molecule has 3 amide bonds. The van der Waals surface area contributed by atoms with Crippen molar-refractivity contribution in [1.29, 1.82) is 0 Å². The minimum atomic E-state index is -3.37. The minimum Gasteiger partial charge on any atom is -0.507 e. The van der Waals surface area contributed by atoms with E-state index in [0.717, 1.165) is 42.5 Å². The van der Waals surface area contributed by atoms with Gasteiger partial charge >= 0.3 is 6.03 Å². The molecule has 0 radical (unpaired) electrons. The third kappa shape index (κ3) is 5.53. The number of imide groups is 1. The van der Waals surface area contributed by atoms with Crippen LogP contribution in [0.1, 0.15) is 50.3 Å². The van der Waals surface area contributed by atoms with E-state index in [4.69, 9.17) is 0 Å². The van der Waals surface area contributed by atoms with Gasteiger partial charge in [-0.15, -0.1) is 0 Å². The van der Waals surface area contributed by atoms with Crippen LogP contribution in [0.5, 0.6) is 5.75 Å². The predicted octanol–water partition coefficient (Wildman–Crippen LogP) is 3.46. The lowest BCUT2D eigenvalue weighted by Crippen LogP contribution is -2.49. The third-order valence-electron chi connectivity index (χ3n) is 6.31. The van der Waals surface area contributed by atoms with Crippen LogP contribution in [0.25, 0.3) is 0 Å². The number of sulfonamides is 1. The number of rotatable bonds is 5. The van der Waals surface area contributed by atoms with Gasteiger partial charge in [0.1, 0.15) is 5.75 Å². The summed E-state index contributed by atoms with van der Waals surface area (Å²) in [6.07, 6.45) is 3.06. The van der Waals surface area contributed by atoms with Crippen LogP contribution in [0.15, 0.2) is 30.3 Å². The van der Waals surface area contributed by atoms with Crippen LogP contribution >= 0.6 is 0 Å². The molecule has 0 spiro atoms. The maximum absolute atomic E-state index is 12.5. The summed E-state index contributed by atoms with van der Waals surface area (Å²) in [5, 5.41) is 13.6. The second-order valence-corrected chi connectivity index (χ2v) is 12.0. The Kier molecular flexibility index (Phi) is 6.44. The molecule has 188 valence electrons. The number of aromatic hydroxyl groups is 1. The van der Waals surface area contributed by atoms with Gasteiger partial charge in [0.25, 0.3) is 0 Å². The van der Waals surface area contributed by atoms with Crippen molar-refractivity contribution in [3.05, 3.63) is 47.0 Å². The molecule has 0 bridgehead atoms. The molecular formula is C25H32N4O5S. The molecule has 4 rings (SSSR count). The SMILES string of the molecule is CC(C)(C)c1cc(N2CCC(=O)NC2=O)cc(CN2CCCc3cc(NS(C)(=O)=O)ccc32)c1O. The Morgan fingerprint density at radius 3 is 2.49 bits per heavy atom. The van der Waals surface area contributed by atoms with Crippen LogP contribution in [0.4, 0.5) is 21.9 Å². The highest BCUT2D eigenvalue weighted by atomic mass is 32.2. The van der Waals surface area contributed by atoms with E-state index in [1.165, 1.54) is 4.90 Å². The number of amides is 3. The Morgan fingerprint density at radius 2 is 1.83 bits per heavy atom. The summed E-state index contributed by atoms with van der Waals surface area (Å²) in [7, 11) is -3.37. The maximum Gasteiger partial charge on any atom is 0.328 e. The largest absolute Gasteiger partial charge is 0.507 e. The number of nitrogens with zero attached hydrogens (tertiary/aromatic N) is 2. The highest BCUT2D eigenvalue weighted by molar-refractivity contribution is 7.92. The fourth-order valence-electron chi connectivity index (χ4n) is 4.66. The zero-order valence-corrected chi connectivity index (χ0v) is 21.3. The Labute approximate surface area is 206 Å². The summed E-state index contributed by atoms with van der Waals surface area (Å²) in [4.78, 5) is 27.8. The van der Waals surface area contributed by atoms with Gasteiger partial charge in [0, 0.05) is 54.2 Å². The molecule has 0 unspecified atom stereocenters. The number of hydrogen-bond donors (Lipinski definition) is 3. The molecule has 3 N–H and O–H groups in total. The highest BCUT2D eigenvalue weighted by Crippen LogP contribution is 2.39. The summed E-state index contributed by atoms with van der Waals surface area (Å²) in [6.45, 7) is 7.48. The standard InChI is InChI=1S/C25H32N4O5S/c1-25(2,3)20-14-19(29-11-9-22(30)26-24(29)32)13-17(23(20)31)15-28-10-5-6-16-12-18(7-8-21(16)28)27-35(4,33)34/h7-8,12-14,27,31H,5-6,9-11,15H2,1-4H3,(H,26,30,32). The van der Waals surface area contributed by atoms with Crippen molar-refractivity contribution in [1.82, 2.24) is 5.32 Å². The van der Waals surface area contributed by atoms with Crippen LogP contribution < -0.4 is 19.8 Å². The van der Waals surface area contributed by atoms with Crippen LogP contribution in [0.3, 0.4) is 0 Å². The molecule has 2 aliphatic rings. The Morgan fingerprint density at radius 1 is 1.09 bits per heavy atom. The number of aryl methyl sites for hydroxylation is 1. The first-order valence-electron chi connectivity index (χ1n) is 11.7. The second-order valence-electron chi connectivity index (χ2n) is 10.2. The lowest BCUT2D eigenvalue weighted by Gasteiger charge is -2.34. The van der Waals surface area contributed by atoms with Gasteiger partial charge in [0.15, 0.2) is 0 Å². The van der Waals surface area contributed by atoms with Crippen molar-refractivity contribution in [3.8, 4) is 5.75 Å². The zero-order chi connectivity index (χ0) is 25.5. The van der Waals surface area contributed by atoms with Crippen molar-refractivity contribution >= 4 is 39.0 Å². The second kappa shape index (κ2) is 9.07. The van der Waals surface area contributed by atoms with Crippen molar-refractivity contribution in [2.75, 3.05) is 33.9 Å². The summed E-state index contributed by atoms with van der Waals surface area (Å²) >= 11 is 0. The topological polar surface area (TPSA) is 119 Å². The van der Waals surface area contributed by atoms with Crippen LogP contribution in [0.2, 0.25) is 0 Å². The summed E-state index contributed by atoms with van der Waals surface area (Å²) < 4.78 is 25.8. The highest BCUT2D eigenvalue weighted by Gasteiger charge is 2.29. The molecule has 0 aliphatic carbocycles. The number of nitrogens with one attached hydrogen (secondary N) is 2. The fraction of sp³-hybridized carbons (Fsp3) is 0.440. The molecular weight excluding hydrogens is 468 g/mol. The normalized spacial score (nSPS) is 16.7. The number of anilines is 3. The summed E-state index contributed by atoms with van der Waals surface area (Å²) in [6, 6.07) is 8.66. The number of carbonyl (C=O) groups excluding carboxylic acids is 2. The van der Waals surface area contributed by atoms with Crippen LogP contribution in [0, 0.1) is 0 Å². The van der Waals surface area contributed by atoms with Crippen molar-refractivity contribution in [3.63, 3.8) is 0 Å². The first-order valence-corrected chi connectivity index (χ1v) is 13.5. The van der Waals surface area contributed by atoms with Gasteiger partial charge in [0.05, 0.1) is 6.26 Å². The van der Waals surface area contributed by atoms with Crippen LogP contribution in [-0.2, 0) is 33.2 Å². The van der Waals surface area contributed by atoms with Crippen molar-refractivity contribution < 1.29 is 23.1 Å². The predicted molar refractivity (Wildman–Crippen MR) is 137 cm³/mol. The molecule has 9 nitrogen and oxygen atoms in total. The molecule has 1 fully saturated rings. The van der Waals surface area contributed by atoms with E-state index in [1.807, 2.05) is 45.0 Å². The minimum absolute atomic E-state index is 0.192. The quantitative estimate of drug-likeness (QED) is 0.579. The lowest BCUT2D eigenvalue weighted by atomic mass is 9.84. The number of urea groups is 1. The lowest BCUT2D eigenvalue weighted by molar-refractivity contribution is -0.120. The van der Waals surface area contributed by atoms with E-state index in [0.29, 0.717) is 23.5 Å². The molecule has 0 aromatic heterocycles. The van der Waals surface area contributed by atoms with Gasteiger partial charge in [-0.25, -0.2) is 13.2 Å². The molecule has 2 aromatic carbocycles. The Balaban J connectivity index is 1.70. The third-order valence-corrected chi connectivity index (χ3v) is 6.91. The van der Waals surface area contributed by atoms with Gasteiger partial charge in [-0.1, -0.05) is 20.8 Å². The Bertz CT molecular complexity index is 1280. The average Bonchev–Trinajstić information content (AvgIpc) is 2.73. The van der Waals surface area contributed by atoms with Gasteiger partial charge in [-0.05, 0) is 54.2 Å². The molecule has 0 saturated carbocycles. The van der Waals surface area contributed by atoms with Crippen molar-refractivity contribution in [2.45, 2.75) is 52.0 Å². The van der Waals surface area contributed by atoms with Gasteiger partial charge < -0.3 is 10.0 Å². The monoisotopic (exact) mass is 500 g/mol. The van der Waals surface area contributed by atoms with E-state index in [2.05, 4.69) is 14.9 Å². The summed E-state index contributed by atoms with van der Waals surface area (Å²) in [5.74, 6) is -0.104. The molecule has 2 heterocycles. The van der Waals surface area contributed by atoms with Gasteiger partial charge in [-0.2, -0.15) is 0 Å². The van der Waals surface area contributed by atoms with E-state index < -0.39 is 16.1 Å². The zero-order valence-electron chi connectivity index (χ0n) is 20.5. The number of benzene rings is 2. The smallest absolute Gasteiger partial charge is 0.328 e. The molecule has 0 atom stereocenters. The van der Waals surface area contributed by atoms with Crippen molar-refractivity contribution in [2.24, 2.45) is 0 Å². The van der Waals surface area contributed by atoms with E-state index in [9.17, 15) is 23.1 Å². The maximum atomic E-state index is 12.5. The first kappa shape index (κ1) is 24.8. The molecule has 2 aliphatic heterocycles.